The number of halogens is 2. The number of oxime groups is 2. The first kappa shape index (κ1) is 14.7. The predicted molar refractivity (Wildman–Crippen MR) is 76.8 cm³/mol. The van der Waals surface area contributed by atoms with E-state index in [0.717, 1.165) is 0 Å². The van der Waals surface area contributed by atoms with E-state index < -0.39 is 7.47 Å². The Bertz CT molecular complexity index is 634. The van der Waals surface area contributed by atoms with Gasteiger partial charge >= 0.3 is 7.47 Å². The highest BCUT2D eigenvalue weighted by Crippen LogP contribution is 2.11. The molecule has 2 rings (SSSR count). The number of rotatable bonds is 5. The van der Waals surface area contributed by atoms with Crippen LogP contribution in [0.2, 0.25) is 0 Å². The molecule has 7 heteroatoms. The normalized spacial score (nSPS) is 12.1. The van der Waals surface area contributed by atoms with Crippen LogP contribution in [-0.4, -0.2) is 24.1 Å². The second-order valence-corrected chi connectivity index (χ2v) is 3.99. The van der Waals surface area contributed by atoms with Crippen molar-refractivity contribution >= 4 is 18.9 Å². The Kier molecular flexibility index (Phi) is 5.03. The molecule has 0 aromatic heterocycles. The molecule has 0 saturated heterocycles. The molecule has 106 valence electrons. The van der Waals surface area contributed by atoms with Crippen LogP contribution in [0.4, 0.5) is 8.63 Å². The van der Waals surface area contributed by atoms with Crippen LogP contribution in [-0.2, 0) is 4.76 Å². The SMILES string of the molecule is ON=C(C(=NOB(F)F)c1ccccc1)c1ccccc1. The Labute approximate surface area is 120 Å². The molecule has 0 amide bonds. The Morgan fingerprint density at radius 2 is 1.33 bits per heavy atom. The molecule has 0 aliphatic carbocycles. The summed E-state index contributed by atoms with van der Waals surface area (Å²) in [7, 11) is -3.06. The van der Waals surface area contributed by atoms with Gasteiger partial charge in [0.05, 0.1) is 0 Å². The van der Waals surface area contributed by atoms with Crippen LogP contribution in [0.25, 0.3) is 0 Å². The number of benzene rings is 2. The van der Waals surface area contributed by atoms with Crippen molar-refractivity contribution in [2.45, 2.75) is 0 Å². The molecule has 2 aromatic carbocycles. The van der Waals surface area contributed by atoms with E-state index in [4.69, 9.17) is 0 Å². The average molecular weight is 288 g/mol. The highest BCUT2D eigenvalue weighted by Gasteiger charge is 2.21. The van der Waals surface area contributed by atoms with Crippen molar-refractivity contribution in [3.05, 3.63) is 71.8 Å². The fourth-order valence-corrected chi connectivity index (χ4v) is 1.76. The van der Waals surface area contributed by atoms with Crippen LogP contribution < -0.4 is 0 Å². The first-order valence-electron chi connectivity index (χ1n) is 6.07. The van der Waals surface area contributed by atoms with Crippen molar-refractivity contribution in [3.63, 3.8) is 0 Å². The molecule has 0 fully saturated rings. The third-order valence-electron chi connectivity index (χ3n) is 2.64. The fourth-order valence-electron chi connectivity index (χ4n) is 1.76. The van der Waals surface area contributed by atoms with Gasteiger partial charge in [-0.2, -0.15) is 0 Å². The summed E-state index contributed by atoms with van der Waals surface area (Å²) < 4.78 is 28.5. The van der Waals surface area contributed by atoms with Gasteiger partial charge < -0.3 is 9.96 Å². The van der Waals surface area contributed by atoms with Gasteiger partial charge in [0.1, 0.15) is 11.4 Å². The van der Waals surface area contributed by atoms with E-state index in [1.54, 1.807) is 60.7 Å². The van der Waals surface area contributed by atoms with Crippen molar-refractivity contribution in [2.24, 2.45) is 10.3 Å². The average Bonchev–Trinajstić information content (AvgIpc) is 2.53. The standard InChI is InChI=1S/C14H11BF2N2O2/c16-15(17)21-19-14(12-9-5-2-6-10-12)13(18-20)11-7-3-1-4-8-11/h1-10,20H. The van der Waals surface area contributed by atoms with Gasteiger partial charge in [-0.05, 0) is 0 Å². The third kappa shape index (κ3) is 3.88. The van der Waals surface area contributed by atoms with E-state index in [0.29, 0.717) is 11.1 Å². The zero-order valence-electron chi connectivity index (χ0n) is 10.9. The van der Waals surface area contributed by atoms with Crippen molar-refractivity contribution in [3.8, 4) is 0 Å². The van der Waals surface area contributed by atoms with E-state index in [-0.39, 0.29) is 11.4 Å². The lowest BCUT2D eigenvalue weighted by Crippen LogP contribution is -2.19. The summed E-state index contributed by atoms with van der Waals surface area (Å²) >= 11 is 0. The minimum Gasteiger partial charge on any atom is -0.410 e. The molecule has 0 aliphatic rings. The zero-order chi connectivity index (χ0) is 15.1. The minimum atomic E-state index is -3.06. The van der Waals surface area contributed by atoms with Crippen LogP contribution in [0.5, 0.6) is 0 Å². The quantitative estimate of drug-likeness (QED) is 0.397. The summed E-state index contributed by atoms with van der Waals surface area (Å²) in [6, 6.07) is 17.1. The lowest BCUT2D eigenvalue weighted by atomic mass is 10.00. The number of nitrogens with zero attached hydrogens (tertiary/aromatic N) is 2. The second-order valence-electron chi connectivity index (χ2n) is 3.99. The van der Waals surface area contributed by atoms with Gasteiger partial charge in [0, 0.05) is 11.1 Å². The van der Waals surface area contributed by atoms with Crippen LogP contribution in [0.3, 0.4) is 0 Å². The maximum Gasteiger partial charge on any atom is 0.818 e. The van der Waals surface area contributed by atoms with Gasteiger partial charge in [0.15, 0.2) is 0 Å². The van der Waals surface area contributed by atoms with E-state index in [9.17, 15) is 13.8 Å². The molecule has 0 heterocycles. The zero-order valence-corrected chi connectivity index (χ0v) is 10.9. The molecule has 1 N–H and O–H groups in total. The molecule has 0 atom stereocenters. The maximum absolute atomic E-state index is 12.2. The second kappa shape index (κ2) is 7.18. The fraction of sp³-hybridized carbons (Fsp3) is 0. The molecule has 0 aliphatic heterocycles. The Morgan fingerprint density at radius 1 is 0.857 bits per heavy atom. The Hall–Kier alpha value is -2.70. The summed E-state index contributed by atoms with van der Waals surface area (Å²) in [5, 5.41) is 15.8. The van der Waals surface area contributed by atoms with Gasteiger partial charge in [-0.15, -0.1) is 0 Å². The van der Waals surface area contributed by atoms with Crippen LogP contribution in [0, 0.1) is 0 Å². The van der Waals surface area contributed by atoms with Crippen molar-refractivity contribution in [2.75, 3.05) is 0 Å². The molecule has 0 spiro atoms. The Balaban J connectivity index is 2.46. The van der Waals surface area contributed by atoms with E-state index >= 15 is 0 Å². The molecule has 4 nitrogen and oxygen atoms in total. The van der Waals surface area contributed by atoms with Crippen LogP contribution in [0.1, 0.15) is 11.1 Å². The van der Waals surface area contributed by atoms with E-state index in [2.05, 4.69) is 15.1 Å². The van der Waals surface area contributed by atoms with Gasteiger partial charge in [-0.3, -0.25) is 0 Å². The maximum atomic E-state index is 12.2. The van der Waals surface area contributed by atoms with Gasteiger partial charge in [0.25, 0.3) is 0 Å². The molecule has 0 saturated carbocycles. The molecule has 21 heavy (non-hydrogen) atoms. The molecular weight excluding hydrogens is 277 g/mol. The molecule has 0 radical (unpaired) electrons. The van der Waals surface area contributed by atoms with E-state index in [1.165, 1.54) is 0 Å². The third-order valence-corrected chi connectivity index (χ3v) is 2.64. The topological polar surface area (TPSA) is 54.2 Å². The summed E-state index contributed by atoms with van der Waals surface area (Å²) in [5.41, 5.74) is 1.09. The predicted octanol–water partition coefficient (Wildman–Crippen LogP) is 3.21. The molecular formula is C14H11BF2N2O2. The smallest absolute Gasteiger partial charge is 0.410 e. The molecule has 0 unspecified atom stereocenters. The largest absolute Gasteiger partial charge is 0.818 e. The summed E-state index contributed by atoms with van der Waals surface area (Å²) in [5.74, 6) is 0. The number of hydrogen-bond acceptors (Lipinski definition) is 4. The summed E-state index contributed by atoms with van der Waals surface area (Å²) in [4.78, 5) is 0. The summed E-state index contributed by atoms with van der Waals surface area (Å²) in [6.07, 6.45) is 0. The number of hydrogen-bond donors (Lipinski definition) is 1. The molecule has 0 bridgehead atoms. The van der Waals surface area contributed by atoms with Crippen LogP contribution in [0.15, 0.2) is 71.0 Å². The van der Waals surface area contributed by atoms with Crippen LogP contribution >= 0.6 is 0 Å². The van der Waals surface area contributed by atoms with Gasteiger partial charge in [-0.1, -0.05) is 71.0 Å². The summed E-state index contributed by atoms with van der Waals surface area (Å²) in [6.45, 7) is 0. The highest BCUT2D eigenvalue weighted by atomic mass is 19.2. The van der Waals surface area contributed by atoms with Crippen molar-refractivity contribution in [1.29, 1.82) is 0 Å². The van der Waals surface area contributed by atoms with Gasteiger partial charge in [0.2, 0.25) is 0 Å². The lowest BCUT2D eigenvalue weighted by molar-refractivity contribution is 0.271. The van der Waals surface area contributed by atoms with Crippen molar-refractivity contribution < 1.29 is 18.6 Å². The first-order valence-corrected chi connectivity index (χ1v) is 6.07. The van der Waals surface area contributed by atoms with E-state index in [1.807, 2.05) is 0 Å². The highest BCUT2D eigenvalue weighted by molar-refractivity contribution is 6.53. The molecule has 2 aromatic rings. The Morgan fingerprint density at radius 3 is 1.76 bits per heavy atom. The minimum absolute atomic E-state index is 0.0181. The first-order chi connectivity index (χ1) is 10.2. The lowest BCUT2D eigenvalue weighted by Gasteiger charge is -2.08. The van der Waals surface area contributed by atoms with Gasteiger partial charge in [-0.25, -0.2) is 8.63 Å². The van der Waals surface area contributed by atoms with Crippen molar-refractivity contribution in [1.82, 2.24) is 0 Å². The monoisotopic (exact) mass is 288 g/mol.